The first kappa shape index (κ1) is 27.0. The van der Waals surface area contributed by atoms with Crippen molar-refractivity contribution in [3.63, 3.8) is 0 Å². The first-order valence-corrected chi connectivity index (χ1v) is 15.0. The second-order valence-corrected chi connectivity index (χ2v) is 10.7. The van der Waals surface area contributed by atoms with Gasteiger partial charge in [-0.15, -0.1) is 0 Å². The molecule has 0 saturated heterocycles. The maximum atomic E-state index is 4.42. The lowest BCUT2D eigenvalue weighted by Gasteiger charge is -2.19. The Kier molecular flexibility index (Phi) is 6.97. The van der Waals surface area contributed by atoms with Crippen LogP contribution in [0.3, 0.4) is 0 Å². The molecule has 0 aliphatic heterocycles. The van der Waals surface area contributed by atoms with Gasteiger partial charge in [-0.3, -0.25) is 0 Å². The van der Waals surface area contributed by atoms with Crippen LogP contribution in [0, 0.1) is 0 Å². The second-order valence-electron chi connectivity index (χ2n) is 10.7. The van der Waals surface area contributed by atoms with Gasteiger partial charge in [0, 0.05) is 49.6 Å². The van der Waals surface area contributed by atoms with Crippen molar-refractivity contribution in [1.29, 1.82) is 0 Å². The molecule has 4 heterocycles. The lowest BCUT2D eigenvalue weighted by Crippen LogP contribution is -2.01. The second kappa shape index (κ2) is 11.9. The van der Waals surface area contributed by atoms with Gasteiger partial charge in [-0.1, -0.05) is 48.5 Å². The molecule has 0 aliphatic rings. The van der Waals surface area contributed by atoms with Crippen molar-refractivity contribution in [1.82, 2.24) is 39.1 Å². The highest BCUT2D eigenvalue weighted by atomic mass is 15.3. The Bertz CT molecular complexity index is 1850. The summed E-state index contributed by atoms with van der Waals surface area (Å²) < 4.78 is 7.48. The third-order valence-corrected chi connectivity index (χ3v) is 7.95. The van der Waals surface area contributed by atoms with Crippen LogP contribution in [-0.4, -0.2) is 39.1 Å². The minimum atomic E-state index is 0.996. The van der Waals surface area contributed by atoms with Crippen molar-refractivity contribution in [2.24, 2.45) is 0 Å². The van der Waals surface area contributed by atoms with Gasteiger partial charge in [0.05, 0.1) is 22.7 Å². The van der Waals surface area contributed by atoms with E-state index in [4.69, 9.17) is 0 Å². The molecule has 8 aromatic rings. The summed E-state index contributed by atoms with van der Waals surface area (Å²) in [5.74, 6) is 0. The molecule has 0 spiro atoms. The van der Waals surface area contributed by atoms with Crippen LogP contribution in [0.4, 0.5) is 0 Å². The van der Waals surface area contributed by atoms with Crippen molar-refractivity contribution >= 4 is 11.1 Å². The van der Waals surface area contributed by atoms with Gasteiger partial charge in [-0.25, -0.2) is 18.7 Å². The summed E-state index contributed by atoms with van der Waals surface area (Å²) in [6.45, 7) is 0. The number of benzene rings is 4. The van der Waals surface area contributed by atoms with E-state index in [-0.39, 0.29) is 0 Å². The Morgan fingerprint density at radius 1 is 0.304 bits per heavy atom. The van der Waals surface area contributed by atoms with Gasteiger partial charge in [0.15, 0.2) is 0 Å². The zero-order valence-corrected chi connectivity index (χ0v) is 24.7. The van der Waals surface area contributed by atoms with Crippen LogP contribution in [0.25, 0.3) is 33.9 Å². The van der Waals surface area contributed by atoms with E-state index >= 15 is 0 Å². The van der Waals surface area contributed by atoms with Crippen molar-refractivity contribution in [2.45, 2.75) is 0 Å². The van der Waals surface area contributed by atoms with Gasteiger partial charge < -0.3 is 0 Å². The summed E-state index contributed by atoms with van der Waals surface area (Å²) in [5, 5.41) is 17.7. The number of rotatable bonds is 8. The summed E-state index contributed by atoms with van der Waals surface area (Å²) in [6.07, 6.45) is 15.0. The molecule has 0 bridgehead atoms. The maximum Gasteiger partial charge on any atom is 0.0645 e. The summed E-state index contributed by atoms with van der Waals surface area (Å²) in [7, 11) is 0. The van der Waals surface area contributed by atoms with Crippen LogP contribution in [-0.2, 0) is 0 Å². The number of hydrogen-bond donors (Lipinski definition) is 0. The molecule has 8 heteroatoms. The molecule has 0 saturated carbocycles. The molecule has 0 atom stereocenters. The van der Waals surface area contributed by atoms with E-state index < -0.39 is 0 Å². The molecule has 0 N–H and O–H groups in total. The quantitative estimate of drug-likeness (QED) is 0.171. The minimum Gasteiger partial charge on any atom is -0.241 e. The average molecular weight is 597 g/mol. The van der Waals surface area contributed by atoms with E-state index in [0.29, 0.717) is 0 Å². The van der Waals surface area contributed by atoms with Crippen molar-refractivity contribution in [3.8, 4) is 22.7 Å². The molecular weight excluding hydrogens is 568 g/mol. The SMILES string of the molecule is c1cnn(-c2ccc(C(=C(c3ccc(-n4cccn4)cc3)c3ccc(-n4cccn4)cc3)c3ccc(-n4cccn4)cc3)cc2)c1. The molecule has 8 rings (SSSR count). The molecular formula is C38H28N8. The summed E-state index contributed by atoms with van der Waals surface area (Å²) in [4.78, 5) is 0. The van der Waals surface area contributed by atoms with Crippen LogP contribution < -0.4 is 0 Å². The highest BCUT2D eigenvalue weighted by Gasteiger charge is 2.18. The Balaban J connectivity index is 1.33. The molecule has 4 aromatic heterocycles. The molecule has 4 aromatic carbocycles. The molecule has 46 heavy (non-hydrogen) atoms. The predicted molar refractivity (Wildman–Crippen MR) is 179 cm³/mol. The number of hydrogen-bond acceptors (Lipinski definition) is 4. The molecule has 220 valence electrons. The normalized spacial score (nSPS) is 11.0. The van der Waals surface area contributed by atoms with Crippen molar-refractivity contribution in [3.05, 3.63) is 193 Å². The average Bonchev–Trinajstić information content (AvgIpc) is 3.96. The minimum absolute atomic E-state index is 0.996. The monoisotopic (exact) mass is 596 g/mol. The summed E-state index contributed by atoms with van der Waals surface area (Å²) in [6, 6.07) is 42.0. The van der Waals surface area contributed by atoms with Gasteiger partial charge in [0.25, 0.3) is 0 Å². The van der Waals surface area contributed by atoms with Crippen LogP contribution >= 0.6 is 0 Å². The summed E-state index contributed by atoms with van der Waals surface area (Å²) in [5.41, 5.74) is 10.6. The molecule has 8 nitrogen and oxygen atoms in total. The third kappa shape index (κ3) is 5.24. The van der Waals surface area contributed by atoms with E-state index in [1.54, 1.807) is 24.8 Å². The van der Waals surface area contributed by atoms with Crippen LogP contribution in [0.5, 0.6) is 0 Å². The Morgan fingerprint density at radius 2 is 0.522 bits per heavy atom. The van der Waals surface area contributed by atoms with E-state index in [9.17, 15) is 0 Å². The fourth-order valence-corrected chi connectivity index (χ4v) is 5.72. The largest absolute Gasteiger partial charge is 0.241 e. The van der Waals surface area contributed by atoms with E-state index in [2.05, 4.69) is 117 Å². The Morgan fingerprint density at radius 3 is 0.696 bits per heavy atom. The lowest BCUT2D eigenvalue weighted by molar-refractivity contribution is 0.880. The topological polar surface area (TPSA) is 71.3 Å². The van der Waals surface area contributed by atoms with E-state index in [1.165, 1.54) is 0 Å². The molecule has 0 aliphatic carbocycles. The van der Waals surface area contributed by atoms with Gasteiger partial charge in [0.2, 0.25) is 0 Å². The molecule has 0 fully saturated rings. The first-order valence-electron chi connectivity index (χ1n) is 15.0. The van der Waals surface area contributed by atoms with E-state index in [0.717, 1.165) is 56.1 Å². The number of nitrogens with zero attached hydrogens (tertiary/aromatic N) is 8. The number of aromatic nitrogens is 8. The zero-order valence-electron chi connectivity index (χ0n) is 24.7. The van der Waals surface area contributed by atoms with E-state index in [1.807, 2.05) is 67.8 Å². The van der Waals surface area contributed by atoms with Crippen LogP contribution in [0.2, 0.25) is 0 Å². The van der Waals surface area contributed by atoms with Crippen LogP contribution in [0.15, 0.2) is 171 Å². The fourth-order valence-electron chi connectivity index (χ4n) is 5.72. The molecule has 0 amide bonds. The van der Waals surface area contributed by atoms with Crippen LogP contribution in [0.1, 0.15) is 22.3 Å². The van der Waals surface area contributed by atoms with Gasteiger partial charge in [-0.05, 0) is 106 Å². The Labute approximate surface area is 265 Å². The fraction of sp³-hybridized carbons (Fsp3) is 0. The standard InChI is InChI=1S/C38H28N8/c1-21-39-43(25-1)33-13-5-29(6-14-33)37(30-7-15-34(16-8-30)44-26-2-22-40-44)38(31-9-17-35(18-10-31)45-27-3-23-41-45)32-11-19-36(20-12-32)46-28-4-24-42-46/h1-28H. The molecule has 0 unspecified atom stereocenters. The highest BCUT2D eigenvalue weighted by Crippen LogP contribution is 2.38. The zero-order chi connectivity index (χ0) is 30.7. The van der Waals surface area contributed by atoms with Gasteiger partial charge >= 0.3 is 0 Å². The van der Waals surface area contributed by atoms with Gasteiger partial charge in [-0.2, -0.15) is 20.4 Å². The Hall–Kier alpha value is -6.54. The maximum absolute atomic E-state index is 4.42. The van der Waals surface area contributed by atoms with Crippen molar-refractivity contribution < 1.29 is 0 Å². The predicted octanol–water partition coefficient (Wildman–Crippen LogP) is 7.44. The highest BCUT2D eigenvalue weighted by molar-refractivity contribution is 6.04. The summed E-state index contributed by atoms with van der Waals surface area (Å²) >= 11 is 0. The smallest absolute Gasteiger partial charge is 0.0645 e. The molecule has 0 radical (unpaired) electrons. The van der Waals surface area contributed by atoms with Crippen molar-refractivity contribution in [2.75, 3.05) is 0 Å². The van der Waals surface area contributed by atoms with Gasteiger partial charge in [0.1, 0.15) is 0 Å². The third-order valence-electron chi connectivity index (χ3n) is 7.95. The lowest BCUT2D eigenvalue weighted by atomic mass is 9.85. The first-order chi connectivity index (χ1) is 22.8.